The molecule has 0 aliphatic rings. The average molecular weight is 349 g/mol. The lowest BCUT2D eigenvalue weighted by Gasteiger charge is -2.07. The van der Waals surface area contributed by atoms with E-state index in [1.54, 1.807) is 16.8 Å². The van der Waals surface area contributed by atoms with Crippen LogP contribution in [0.2, 0.25) is 0 Å². The van der Waals surface area contributed by atoms with Gasteiger partial charge in [-0.25, -0.2) is 19.9 Å². The smallest absolute Gasteiger partial charge is 0.434 e. The Morgan fingerprint density at radius 3 is 3.13 bits per heavy atom. The summed E-state index contributed by atoms with van der Waals surface area (Å²) < 4.78 is 13.8. The molecule has 0 aromatic carbocycles. The Kier molecular flexibility index (Phi) is 4.08. The number of nitrogens with one attached hydrogen (secondary N) is 2. The lowest BCUT2D eigenvalue weighted by molar-refractivity contribution is 0.198. The zero-order valence-corrected chi connectivity index (χ0v) is 13.5. The van der Waals surface area contributed by atoms with E-state index in [0.717, 1.165) is 4.68 Å². The van der Waals surface area contributed by atoms with E-state index < -0.39 is 6.09 Å². The number of furan rings is 1. The Labute approximate surface area is 138 Å². The second kappa shape index (κ2) is 6.18. The zero-order chi connectivity index (χ0) is 16.4. The fourth-order valence-electron chi connectivity index (χ4n) is 1.83. The summed E-state index contributed by atoms with van der Waals surface area (Å²) in [5.41, 5.74) is 3.00. The summed E-state index contributed by atoms with van der Waals surface area (Å²) in [7, 11) is 0. The molecule has 118 valence electrons. The minimum atomic E-state index is -0.795. The van der Waals surface area contributed by atoms with E-state index in [-0.39, 0.29) is 11.4 Å². The number of hydrogen-bond acceptors (Lipinski definition) is 7. The Morgan fingerprint density at radius 1 is 1.61 bits per heavy atom. The number of hydrogen-bond donors (Lipinski definition) is 2. The van der Waals surface area contributed by atoms with Gasteiger partial charge in [0.15, 0.2) is 15.1 Å². The summed E-state index contributed by atoms with van der Waals surface area (Å²) in [6, 6.07) is 3.09. The van der Waals surface area contributed by atoms with Crippen LogP contribution in [-0.4, -0.2) is 20.3 Å². The highest BCUT2D eigenvalue weighted by molar-refractivity contribution is 7.73. The van der Waals surface area contributed by atoms with Gasteiger partial charge in [-0.15, -0.1) is 0 Å². The van der Waals surface area contributed by atoms with E-state index in [1.807, 2.05) is 13.0 Å². The second-order valence-corrected chi connectivity index (χ2v) is 5.91. The molecule has 0 fully saturated rings. The summed E-state index contributed by atoms with van der Waals surface area (Å²) in [6.45, 7) is 1.86. The van der Waals surface area contributed by atoms with Crippen LogP contribution >= 0.6 is 23.6 Å². The van der Waals surface area contributed by atoms with Crippen LogP contribution in [-0.2, 0) is 0 Å². The number of nitrogens with zero attached hydrogens (tertiary/aromatic N) is 3. The van der Waals surface area contributed by atoms with Gasteiger partial charge in [0, 0.05) is 12.3 Å². The van der Waals surface area contributed by atoms with E-state index in [2.05, 4.69) is 10.4 Å². The fraction of sp³-hybridized carbons (Fsp3) is 0.0769. The maximum atomic E-state index is 11.8. The van der Waals surface area contributed by atoms with Gasteiger partial charge in [-0.3, -0.25) is 9.98 Å². The summed E-state index contributed by atoms with van der Waals surface area (Å²) in [5.74, 6) is 0.0542. The zero-order valence-electron chi connectivity index (χ0n) is 11.8. The van der Waals surface area contributed by atoms with Crippen LogP contribution in [0.25, 0.3) is 16.5 Å². The Morgan fingerprint density at radius 2 is 2.43 bits per heavy atom. The van der Waals surface area contributed by atoms with Gasteiger partial charge in [-0.1, -0.05) is 17.4 Å². The molecule has 0 atom stereocenters. The molecule has 1 amide bonds. The van der Waals surface area contributed by atoms with Gasteiger partial charge in [0.05, 0.1) is 6.26 Å². The van der Waals surface area contributed by atoms with Crippen LogP contribution in [0.15, 0.2) is 35.2 Å². The standard InChI is InChI=1S/C13H11N5O3S2/c1-2-5-17-11-9(23-13(17)22)10(14)18(7-15-11)16-12(19)21-8-4-3-6-20-8/h2-7,14H,1H3,(H,16,19). The molecule has 0 bridgehead atoms. The topological polar surface area (TPSA) is 98.1 Å². The molecule has 0 spiro atoms. The molecule has 10 heteroatoms. The first-order valence-electron chi connectivity index (χ1n) is 6.42. The lowest BCUT2D eigenvalue weighted by atomic mass is 10.5. The monoisotopic (exact) mass is 349 g/mol. The van der Waals surface area contributed by atoms with Crippen molar-refractivity contribution in [3.63, 3.8) is 0 Å². The number of fused-ring (bicyclic) bond motifs is 1. The largest absolute Gasteiger partial charge is 0.434 e. The van der Waals surface area contributed by atoms with Crippen molar-refractivity contribution < 1.29 is 13.9 Å². The molecule has 0 saturated carbocycles. The van der Waals surface area contributed by atoms with Gasteiger partial charge in [0.1, 0.15) is 11.0 Å². The number of aromatic nitrogens is 3. The van der Waals surface area contributed by atoms with Crippen molar-refractivity contribution in [2.75, 3.05) is 5.43 Å². The SMILES string of the molecule is CC=Cn1c(=S)sc2c(=N)n(NC(=O)Oc3ccco3)cnc21. The average Bonchev–Trinajstić information content (AvgIpc) is 3.12. The molecular weight excluding hydrogens is 338 g/mol. The number of carbonyl (C=O) groups excluding carboxylic acids is 1. The van der Waals surface area contributed by atoms with Crippen LogP contribution in [0, 0.1) is 9.36 Å². The van der Waals surface area contributed by atoms with Crippen molar-refractivity contribution in [3.05, 3.63) is 40.2 Å². The minimum absolute atomic E-state index is 0.0470. The first kappa shape index (κ1) is 15.2. The van der Waals surface area contributed by atoms with E-state index in [1.165, 1.54) is 30.0 Å². The van der Waals surface area contributed by atoms with Gasteiger partial charge in [-0.05, 0) is 25.2 Å². The van der Waals surface area contributed by atoms with Gasteiger partial charge in [0.25, 0.3) is 5.95 Å². The second-order valence-electron chi connectivity index (χ2n) is 4.27. The molecular formula is C13H11N5O3S2. The molecule has 2 N–H and O–H groups in total. The van der Waals surface area contributed by atoms with Gasteiger partial charge in [-0.2, -0.15) is 0 Å². The van der Waals surface area contributed by atoms with E-state index in [0.29, 0.717) is 14.3 Å². The maximum absolute atomic E-state index is 11.8. The van der Waals surface area contributed by atoms with Crippen molar-refractivity contribution in [2.24, 2.45) is 0 Å². The Hall–Kier alpha value is -2.72. The molecule has 0 saturated heterocycles. The van der Waals surface area contributed by atoms with E-state index >= 15 is 0 Å². The van der Waals surface area contributed by atoms with Crippen molar-refractivity contribution in [1.29, 1.82) is 5.41 Å². The number of allylic oxidation sites excluding steroid dienone is 1. The number of thiazole rings is 1. The van der Waals surface area contributed by atoms with Crippen molar-refractivity contribution in [1.82, 2.24) is 14.2 Å². The summed E-state index contributed by atoms with van der Waals surface area (Å²) >= 11 is 6.50. The number of carbonyl (C=O) groups is 1. The third kappa shape index (κ3) is 2.94. The molecule has 8 nitrogen and oxygen atoms in total. The molecule has 3 rings (SSSR count). The van der Waals surface area contributed by atoms with Crippen LogP contribution in [0.4, 0.5) is 4.79 Å². The molecule has 0 aliphatic heterocycles. The molecule has 3 heterocycles. The molecule has 23 heavy (non-hydrogen) atoms. The molecule has 0 radical (unpaired) electrons. The molecule has 0 aliphatic carbocycles. The van der Waals surface area contributed by atoms with Crippen LogP contribution in [0.5, 0.6) is 5.95 Å². The van der Waals surface area contributed by atoms with Crippen LogP contribution in [0.1, 0.15) is 6.92 Å². The summed E-state index contributed by atoms with van der Waals surface area (Å²) in [4.78, 5) is 16.0. The molecule has 3 aromatic rings. The van der Waals surface area contributed by atoms with Crippen molar-refractivity contribution >= 4 is 46.2 Å². The predicted molar refractivity (Wildman–Crippen MR) is 87.4 cm³/mol. The van der Waals surface area contributed by atoms with Gasteiger partial charge in [0.2, 0.25) is 0 Å². The maximum Gasteiger partial charge on any atom is 0.434 e. The highest BCUT2D eigenvalue weighted by Gasteiger charge is 2.11. The first-order valence-corrected chi connectivity index (χ1v) is 7.65. The highest BCUT2D eigenvalue weighted by atomic mass is 32.1. The van der Waals surface area contributed by atoms with Gasteiger partial charge < -0.3 is 9.15 Å². The minimum Gasteiger partial charge on any atom is -0.434 e. The highest BCUT2D eigenvalue weighted by Crippen LogP contribution is 2.17. The predicted octanol–water partition coefficient (Wildman–Crippen LogP) is 2.93. The fourth-order valence-corrected chi connectivity index (χ4v) is 3.09. The Bertz CT molecular complexity index is 997. The van der Waals surface area contributed by atoms with E-state index in [9.17, 15) is 4.79 Å². The molecule has 3 aromatic heterocycles. The first-order chi connectivity index (χ1) is 11.1. The van der Waals surface area contributed by atoms with Crippen LogP contribution < -0.4 is 15.7 Å². The van der Waals surface area contributed by atoms with Crippen molar-refractivity contribution in [3.8, 4) is 5.95 Å². The third-order valence-electron chi connectivity index (χ3n) is 2.77. The summed E-state index contributed by atoms with van der Waals surface area (Å²) in [6.07, 6.45) is 5.51. The molecule has 0 unspecified atom stereocenters. The Balaban J connectivity index is 1.93. The van der Waals surface area contributed by atoms with Crippen molar-refractivity contribution in [2.45, 2.75) is 6.92 Å². The number of ether oxygens (including phenoxy) is 1. The lowest BCUT2D eigenvalue weighted by Crippen LogP contribution is -2.34. The van der Waals surface area contributed by atoms with E-state index in [4.69, 9.17) is 26.8 Å². The van der Waals surface area contributed by atoms with Gasteiger partial charge >= 0.3 is 6.09 Å². The third-order valence-corrected chi connectivity index (χ3v) is 4.17. The quantitative estimate of drug-likeness (QED) is 0.709. The normalized spacial score (nSPS) is 11.2. The number of amides is 1. The number of rotatable bonds is 3. The summed E-state index contributed by atoms with van der Waals surface area (Å²) in [5, 5.41) is 8.18. The van der Waals surface area contributed by atoms with Crippen LogP contribution in [0.3, 0.4) is 0 Å².